The fourth-order valence-electron chi connectivity index (χ4n) is 8.41. The van der Waals surface area contributed by atoms with Gasteiger partial charge in [0.25, 0.3) is 0 Å². The number of pyridine rings is 1. The maximum absolute atomic E-state index is 5.18. The molecule has 0 aliphatic heterocycles. The van der Waals surface area contributed by atoms with Gasteiger partial charge in [0, 0.05) is 27.2 Å². The molecule has 0 atom stereocenters. The first-order valence-electron chi connectivity index (χ1n) is 17.1. The molecule has 50 heavy (non-hydrogen) atoms. The van der Waals surface area contributed by atoms with E-state index >= 15 is 0 Å². The van der Waals surface area contributed by atoms with Gasteiger partial charge in [-0.25, -0.2) is 4.98 Å². The second-order valence-electron chi connectivity index (χ2n) is 13.1. The molecule has 0 amide bonds. The van der Waals surface area contributed by atoms with E-state index in [0.717, 1.165) is 33.6 Å². The average molecular weight is 636 g/mol. The predicted octanol–water partition coefficient (Wildman–Crippen LogP) is 12.3. The quantitative estimate of drug-likeness (QED) is 0.185. The van der Waals surface area contributed by atoms with Crippen LogP contribution in [0.4, 0.5) is 0 Å². The van der Waals surface area contributed by atoms with Crippen molar-refractivity contribution in [3.8, 4) is 56.0 Å². The van der Waals surface area contributed by atoms with Gasteiger partial charge in [-0.15, -0.1) is 0 Å². The molecule has 3 nitrogen and oxygen atoms in total. The van der Waals surface area contributed by atoms with Gasteiger partial charge in [0.05, 0.1) is 28.3 Å². The van der Waals surface area contributed by atoms with E-state index in [1.807, 2.05) is 0 Å². The van der Waals surface area contributed by atoms with Gasteiger partial charge < -0.3 is 4.57 Å². The van der Waals surface area contributed by atoms with Gasteiger partial charge in [-0.3, -0.25) is 4.57 Å². The molecule has 0 fully saturated rings. The van der Waals surface area contributed by atoms with E-state index in [1.165, 1.54) is 66.1 Å². The van der Waals surface area contributed by atoms with E-state index in [4.69, 9.17) is 4.98 Å². The van der Waals surface area contributed by atoms with Crippen LogP contribution in [0.3, 0.4) is 0 Å². The number of aromatic nitrogens is 3. The van der Waals surface area contributed by atoms with Crippen molar-refractivity contribution >= 4 is 43.6 Å². The molecule has 0 unspecified atom stereocenters. The fraction of sp³-hybridized carbons (Fsp3) is 0. The van der Waals surface area contributed by atoms with Crippen LogP contribution in [0.1, 0.15) is 0 Å². The monoisotopic (exact) mass is 635 g/mol. The second kappa shape index (κ2) is 10.4. The van der Waals surface area contributed by atoms with Crippen LogP contribution in [0.25, 0.3) is 99.6 Å². The minimum Gasteiger partial charge on any atom is -0.308 e. The molecule has 11 rings (SSSR count). The first kappa shape index (κ1) is 27.3. The maximum Gasteiger partial charge on any atom is 0.138 e. The number of hydrogen-bond acceptors (Lipinski definition) is 1. The normalized spacial score (nSPS) is 12.0. The van der Waals surface area contributed by atoms with Crippen molar-refractivity contribution in [2.75, 3.05) is 0 Å². The molecule has 0 saturated heterocycles. The summed E-state index contributed by atoms with van der Waals surface area (Å²) in [5.74, 6) is 0.917. The highest BCUT2D eigenvalue weighted by atomic mass is 15.1. The molecule has 1 aliphatic rings. The van der Waals surface area contributed by atoms with Crippen molar-refractivity contribution in [2.24, 2.45) is 0 Å². The lowest BCUT2D eigenvalue weighted by Gasteiger charge is -2.23. The van der Waals surface area contributed by atoms with Gasteiger partial charge >= 0.3 is 0 Å². The van der Waals surface area contributed by atoms with Crippen LogP contribution in [0.5, 0.6) is 0 Å². The lowest BCUT2D eigenvalue weighted by atomic mass is 9.81. The standard InChI is InChI=1S/C47H29N3/c1-2-14-32-31(13-1)33-15-3-4-17-35(33)37-26-25-30(27-41(37)36-18-6-5-16-34(32)36)49-43-22-10-9-21-40(43)42-28-47(48-29-46(42)49)50-44-23-11-7-19-38(44)39-20-8-12-24-45(39)50/h1-29H. The summed E-state index contributed by atoms with van der Waals surface area (Å²) >= 11 is 0. The Morgan fingerprint density at radius 3 is 1.22 bits per heavy atom. The summed E-state index contributed by atoms with van der Waals surface area (Å²) in [5, 5.41) is 4.85. The molecular formula is C47H29N3. The zero-order valence-corrected chi connectivity index (χ0v) is 27.1. The maximum atomic E-state index is 5.18. The van der Waals surface area contributed by atoms with Gasteiger partial charge in [0.1, 0.15) is 5.82 Å². The molecule has 3 heteroatoms. The SMILES string of the molecule is c1ccc2c(c1)-c1ccccc1-c1ccc(-n3c4ccccc4c4cc(-n5c6ccccc6c6ccccc65)ncc43)cc1-c1ccccc1-2. The summed E-state index contributed by atoms with van der Waals surface area (Å²) in [6.07, 6.45) is 2.06. The third-order valence-corrected chi connectivity index (χ3v) is 10.6. The number of nitrogens with zero attached hydrogens (tertiary/aromatic N) is 3. The largest absolute Gasteiger partial charge is 0.308 e. The predicted molar refractivity (Wildman–Crippen MR) is 208 cm³/mol. The van der Waals surface area contributed by atoms with Crippen molar-refractivity contribution in [2.45, 2.75) is 0 Å². The van der Waals surface area contributed by atoms with Gasteiger partial charge in [0.2, 0.25) is 0 Å². The van der Waals surface area contributed by atoms with Gasteiger partial charge in [0.15, 0.2) is 0 Å². The van der Waals surface area contributed by atoms with Crippen LogP contribution in [0.15, 0.2) is 176 Å². The van der Waals surface area contributed by atoms with Crippen LogP contribution < -0.4 is 0 Å². The van der Waals surface area contributed by atoms with E-state index in [2.05, 4.69) is 185 Å². The topological polar surface area (TPSA) is 22.8 Å². The van der Waals surface area contributed by atoms with Crippen LogP contribution in [-0.4, -0.2) is 14.1 Å². The number of fused-ring (bicyclic) bond motifs is 14. The van der Waals surface area contributed by atoms with Crippen LogP contribution in [0.2, 0.25) is 0 Å². The highest BCUT2D eigenvalue weighted by Crippen LogP contribution is 2.48. The van der Waals surface area contributed by atoms with Gasteiger partial charge in [-0.2, -0.15) is 0 Å². The summed E-state index contributed by atoms with van der Waals surface area (Å²) < 4.78 is 4.68. The molecule has 3 heterocycles. The highest BCUT2D eigenvalue weighted by molar-refractivity contribution is 6.12. The minimum absolute atomic E-state index is 0.917. The smallest absolute Gasteiger partial charge is 0.138 e. The van der Waals surface area contributed by atoms with E-state index in [9.17, 15) is 0 Å². The molecule has 0 saturated carbocycles. The number of benzene rings is 7. The Kier molecular flexibility index (Phi) is 5.67. The number of para-hydroxylation sites is 3. The Labute approximate surface area is 288 Å². The molecule has 0 N–H and O–H groups in total. The lowest BCUT2D eigenvalue weighted by Crippen LogP contribution is -2.00. The summed E-state index contributed by atoms with van der Waals surface area (Å²) in [7, 11) is 0. The fourth-order valence-corrected chi connectivity index (χ4v) is 8.41. The zero-order valence-electron chi connectivity index (χ0n) is 27.1. The summed E-state index contributed by atoms with van der Waals surface area (Å²) in [4.78, 5) is 5.18. The third-order valence-electron chi connectivity index (χ3n) is 10.6. The molecule has 7 aromatic carbocycles. The average Bonchev–Trinajstić information content (AvgIpc) is 3.70. The molecule has 0 spiro atoms. The van der Waals surface area contributed by atoms with E-state index < -0.39 is 0 Å². The van der Waals surface area contributed by atoms with Crippen LogP contribution >= 0.6 is 0 Å². The Morgan fingerprint density at radius 1 is 0.300 bits per heavy atom. The van der Waals surface area contributed by atoms with Crippen molar-refractivity contribution in [1.29, 1.82) is 0 Å². The summed E-state index contributed by atoms with van der Waals surface area (Å²) in [6.45, 7) is 0. The van der Waals surface area contributed by atoms with Crippen LogP contribution in [0, 0.1) is 0 Å². The molecule has 3 aromatic heterocycles. The van der Waals surface area contributed by atoms with Crippen molar-refractivity contribution in [1.82, 2.24) is 14.1 Å². The molecule has 0 radical (unpaired) electrons. The van der Waals surface area contributed by atoms with E-state index in [-0.39, 0.29) is 0 Å². The van der Waals surface area contributed by atoms with Gasteiger partial charge in [-0.05, 0) is 80.9 Å². The molecule has 10 aromatic rings. The van der Waals surface area contributed by atoms with E-state index in [1.54, 1.807) is 0 Å². The highest BCUT2D eigenvalue weighted by Gasteiger charge is 2.23. The minimum atomic E-state index is 0.917. The number of rotatable bonds is 2. The Hall–Kier alpha value is -6.71. The first-order valence-corrected chi connectivity index (χ1v) is 17.1. The van der Waals surface area contributed by atoms with Crippen LogP contribution in [-0.2, 0) is 0 Å². The molecule has 232 valence electrons. The lowest BCUT2D eigenvalue weighted by molar-refractivity contribution is 1.08. The third kappa shape index (κ3) is 3.77. The van der Waals surface area contributed by atoms with Crippen molar-refractivity contribution in [3.63, 3.8) is 0 Å². The second-order valence-corrected chi connectivity index (χ2v) is 13.1. The van der Waals surface area contributed by atoms with Crippen molar-refractivity contribution < 1.29 is 0 Å². The Balaban J connectivity index is 1.18. The van der Waals surface area contributed by atoms with Crippen molar-refractivity contribution in [3.05, 3.63) is 176 Å². The summed E-state index contributed by atoms with van der Waals surface area (Å²) in [6, 6.07) is 61.7. The summed E-state index contributed by atoms with van der Waals surface area (Å²) in [5.41, 5.74) is 15.6. The number of hydrogen-bond donors (Lipinski definition) is 0. The molecular weight excluding hydrogens is 607 g/mol. The Bertz CT molecular complexity index is 2940. The first-order chi connectivity index (χ1) is 24.8. The zero-order chi connectivity index (χ0) is 32.8. The Morgan fingerprint density at radius 2 is 0.700 bits per heavy atom. The van der Waals surface area contributed by atoms with Gasteiger partial charge in [-0.1, -0.05) is 133 Å². The molecule has 0 bridgehead atoms. The molecule has 1 aliphatic carbocycles. The van der Waals surface area contributed by atoms with E-state index in [0.29, 0.717) is 0 Å².